The van der Waals surface area contributed by atoms with E-state index in [9.17, 15) is 0 Å². The van der Waals surface area contributed by atoms with Crippen LogP contribution in [0.15, 0.2) is 66.0 Å². The van der Waals surface area contributed by atoms with E-state index in [0.717, 1.165) is 27.6 Å². The van der Waals surface area contributed by atoms with Gasteiger partial charge in [-0.05, 0) is 43.7 Å². The van der Waals surface area contributed by atoms with Gasteiger partial charge in [-0.2, -0.15) is 5.10 Å². The number of benzene rings is 2. The topological polar surface area (TPSA) is 39.4 Å². The maximum Gasteiger partial charge on any atom is 0.137 e. The fraction of sp³-hybridized carbons (Fsp3) is 0.182. The summed E-state index contributed by atoms with van der Waals surface area (Å²) in [5.41, 5.74) is 5.34. The minimum absolute atomic E-state index is 0.584. The molecule has 0 spiro atoms. The Morgan fingerprint density at radius 3 is 2.82 bits per heavy atom. The molecule has 0 aliphatic rings. The lowest BCUT2D eigenvalue weighted by molar-refractivity contribution is 0.340. The van der Waals surface area contributed by atoms with E-state index < -0.39 is 0 Å². The van der Waals surface area contributed by atoms with E-state index in [1.165, 1.54) is 11.1 Å². The summed E-state index contributed by atoms with van der Waals surface area (Å²) in [6.45, 7) is 4.63. The summed E-state index contributed by atoms with van der Waals surface area (Å²) in [6.07, 6.45) is 3.65. The minimum Gasteiger partial charge on any atom is -0.492 e. The molecule has 0 radical (unpaired) electrons. The summed E-state index contributed by atoms with van der Waals surface area (Å²) in [5, 5.41) is 6.24. The zero-order valence-corrected chi connectivity index (χ0v) is 17.3. The Morgan fingerprint density at radius 2 is 2.04 bits per heavy atom. The highest BCUT2D eigenvalue weighted by Crippen LogP contribution is 2.32. The van der Waals surface area contributed by atoms with Gasteiger partial charge in [0.1, 0.15) is 10.8 Å². The highest BCUT2D eigenvalue weighted by molar-refractivity contribution is 7.98. The van der Waals surface area contributed by atoms with E-state index in [2.05, 4.69) is 42.2 Å². The molecule has 0 amide bonds. The van der Waals surface area contributed by atoms with Crippen LogP contribution in [0.5, 0.6) is 5.75 Å². The molecule has 2 aromatic carbocycles. The lowest BCUT2D eigenvalue weighted by atomic mass is 10.1. The Balaban J connectivity index is 1.62. The van der Waals surface area contributed by atoms with Gasteiger partial charge in [-0.3, -0.25) is 0 Å². The van der Waals surface area contributed by atoms with Crippen LogP contribution in [0.25, 0.3) is 16.8 Å². The third kappa shape index (κ3) is 4.01. The Bertz CT molecular complexity index is 1130. The maximum atomic E-state index is 6.34. The van der Waals surface area contributed by atoms with Gasteiger partial charge in [-0.25, -0.2) is 9.50 Å². The Morgan fingerprint density at radius 1 is 1.14 bits per heavy atom. The monoisotopic (exact) mass is 409 g/mol. The van der Waals surface area contributed by atoms with Gasteiger partial charge in [0.25, 0.3) is 0 Å². The predicted molar refractivity (Wildman–Crippen MR) is 115 cm³/mol. The summed E-state index contributed by atoms with van der Waals surface area (Å²) in [5.74, 6) is 1.55. The number of hydrogen-bond donors (Lipinski definition) is 0. The van der Waals surface area contributed by atoms with Gasteiger partial charge in [-0.15, -0.1) is 0 Å². The van der Waals surface area contributed by atoms with Crippen LogP contribution in [-0.4, -0.2) is 21.2 Å². The maximum absolute atomic E-state index is 6.34. The molecule has 0 N–H and O–H groups in total. The van der Waals surface area contributed by atoms with Gasteiger partial charge in [-0.1, -0.05) is 53.2 Å². The quantitative estimate of drug-likeness (QED) is 0.363. The number of rotatable bonds is 6. The first-order chi connectivity index (χ1) is 13.6. The zero-order chi connectivity index (χ0) is 19.5. The first kappa shape index (κ1) is 18.8. The molecule has 0 atom stereocenters. The molecule has 0 fully saturated rings. The van der Waals surface area contributed by atoms with Crippen LogP contribution in [-0.2, 0) is 5.75 Å². The lowest BCUT2D eigenvalue weighted by Crippen LogP contribution is -1.93. The van der Waals surface area contributed by atoms with Crippen molar-refractivity contribution in [2.24, 2.45) is 0 Å². The van der Waals surface area contributed by atoms with Gasteiger partial charge >= 0.3 is 0 Å². The van der Waals surface area contributed by atoms with E-state index in [0.29, 0.717) is 17.4 Å². The SMILES string of the molecule is CCOc1ccc(-c2cc3c(SCc4cccc(C)c4)nccn3n2)cc1Cl. The number of aromatic nitrogens is 3. The first-order valence-corrected chi connectivity index (χ1v) is 10.5. The van der Waals surface area contributed by atoms with Crippen molar-refractivity contribution in [1.29, 1.82) is 0 Å². The van der Waals surface area contributed by atoms with Crippen LogP contribution in [0.4, 0.5) is 0 Å². The third-order valence-electron chi connectivity index (χ3n) is 4.34. The molecule has 0 unspecified atom stereocenters. The molecule has 0 aliphatic carbocycles. The molecule has 6 heteroatoms. The van der Waals surface area contributed by atoms with Crippen molar-refractivity contribution in [3.05, 3.63) is 77.1 Å². The highest BCUT2D eigenvalue weighted by Gasteiger charge is 2.12. The lowest BCUT2D eigenvalue weighted by Gasteiger charge is -2.06. The molecule has 2 aromatic heterocycles. The number of fused-ring (bicyclic) bond motifs is 1. The minimum atomic E-state index is 0.584. The number of aryl methyl sites for hydroxylation is 1. The second-order valence-corrected chi connectivity index (χ2v) is 7.82. The Hall–Kier alpha value is -2.50. The van der Waals surface area contributed by atoms with E-state index in [4.69, 9.17) is 21.4 Å². The molecule has 4 rings (SSSR count). The van der Waals surface area contributed by atoms with Crippen LogP contribution in [0.2, 0.25) is 5.02 Å². The standard InChI is InChI=1S/C22H20ClN3OS/c1-3-27-21-8-7-17(12-18(21)23)19-13-20-22(24-9-10-26(20)25-19)28-14-16-6-4-5-15(2)11-16/h4-13H,3,14H2,1-2H3. The fourth-order valence-corrected chi connectivity index (χ4v) is 4.19. The summed E-state index contributed by atoms with van der Waals surface area (Å²) in [6, 6.07) is 16.4. The molecule has 4 nitrogen and oxygen atoms in total. The molecular formula is C22H20ClN3OS. The smallest absolute Gasteiger partial charge is 0.137 e. The van der Waals surface area contributed by atoms with Crippen LogP contribution in [0.3, 0.4) is 0 Å². The molecule has 0 aliphatic heterocycles. The second-order valence-electron chi connectivity index (χ2n) is 6.45. The highest BCUT2D eigenvalue weighted by atomic mass is 35.5. The second kappa shape index (κ2) is 8.25. The largest absolute Gasteiger partial charge is 0.492 e. The van der Waals surface area contributed by atoms with Crippen LogP contribution < -0.4 is 4.74 Å². The van der Waals surface area contributed by atoms with Crippen molar-refractivity contribution in [2.45, 2.75) is 24.6 Å². The number of ether oxygens (including phenoxy) is 1. The summed E-state index contributed by atoms with van der Waals surface area (Å²) >= 11 is 8.06. The van der Waals surface area contributed by atoms with E-state index in [-0.39, 0.29) is 0 Å². The Labute approximate surface area is 173 Å². The van der Waals surface area contributed by atoms with E-state index in [1.54, 1.807) is 18.0 Å². The van der Waals surface area contributed by atoms with Crippen molar-refractivity contribution >= 4 is 28.9 Å². The molecule has 142 valence electrons. The normalized spacial score (nSPS) is 11.1. The average Bonchev–Trinajstić information content (AvgIpc) is 3.13. The van der Waals surface area contributed by atoms with Gasteiger partial charge in [0, 0.05) is 23.7 Å². The van der Waals surface area contributed by atoms with Crippen molar-refractivity contribution in [3.8, 4) is 17.0 Å². The van der Waals surface area contributed by atoms with E-state index in [1.807, 2.05) is 35.8 Å². The molecule has 28 heavy (non-hydrogen) atoms. The van der Waals surface area contributed by atoms with E-state index >= 15 is 0 Å². The van der Waals surface area contributed by atoms with Gasteiger partial charge in [0.05, 0.1) is 22.8 Å². The number of nitrogens with zero attached hydrogens (tertiary/aromatic N) is 3. The molecule has 2 heterocycles. The molecule has 0 bridgehead atoms. The third-order valence-corrected chi connectivity index (χ3v) is 5.70. The summed E-state index contributed by atoms with van der Waals surface area (Å²) < 4.78 is 7.38. The summed E-state index contributed by atoms with van der Waals surface area (Å²) in [4.78, 5) is 4.56. The molecule has 4 aromatic rings. The van der Waals surface area contributed by atoms with Crippen LogP contribution >= 0.6 is 23.4 Å². The van der Waals surface area contributed by atoms with Gasteiger partial charge < -0.3 is 4.74 Å². The fourth-order valence-electron chi connectivity index (χ4n) is 3.04. The Kier molecular flexibility index (Phi) is 5.55. The van der Waals surface area contributed by atoms with Gasteiger partial charge in [0.2, 0.25) is 0 Å². The van der Waals surface area contributed by atoms with Crippen LogP contribution in [0, 0.1) is 6.92 Å². The number of hydrogen-bond acceptors (Lipinski definition) is 4. The molecule has 0 saturated heterocycles. The summed E-state index contributed by atoms with van der Waals surface area (Å²) in [7, 11) is 0. The predicted octanol–water partition coefficient (Wildman–Crippen LogP) is 6.05. The number of halogens is 1. The van der Waals surface area contributed by atoms with Crippen molar-refractivity contribution in [1.82, 2.24) is 14.6 Å². The van der Waals surface area contributed by atoms with Crippen molar-refractivity contribution in [3.63, 3.8) is 0 Å². The van der Waals surface area contributed by atoms with Crippen molar-refractivity contribution in [2.75, 3.05) is 6.61 Å². The molecular weight excluding hydrogens is 390 g/mol. The van der Waals surface area contributed by atoms with Crippen molar-refractivity contribution < 1.29 is 4.74 Å². The average molecular weight is 410 g/mol. The van der Waals surface area contributed by atoms with Crippen LogP contribution in [0.1, 0.15) is 18.1 Å². The van der Waals surface area contributed by atoms with Gasteiger partial charge in [0.15, 0.2) is 0 Å². The zero-order valence-electron chi connectivity index (χ0n) is 15.7. The molecule has 0 saturated carbocycles. The number of thioether (sulfide) groups is 1. The first-order valence-electron chi connectivity index (χ1n) is 9.09.